The lowest BCUT2D eigenvalue weighted by Gasteiger charge is -2.05. The largest absolute Gasteiger partial charge is 0.497 e. The highest BCUT2D eigenvalue weighted by Crippen LogP contribution is 2.21. The van der Waals surface area contributed by atoms with E-state index in [2.05, 4.69) is 0 Å². The summed E-state index contributed by atoms with van der Waals surface area (Å²) < 4.78 is 35.1. The average molecular weight is 232 g/mol. The van der Waals surface area contributed by atoms with Gasteiger partial charge in [0.15, 0.2) is 0 Å². The van der Waals surface area contributed by atoms with E-state index in [-0.39, 0.29) is 5.75 Å². The molecule has 0 aliphatic heterocycles. The van der Waals surface area contributed by atoms with Crippen LogP contribution in [-0.4, -0.2) is 31.2 Å². The molecule has 0 spiro atoms. The second-order valence-corrected chi connectivity index (χ2v) is 4.03. The Labute approximate surface area is 85.9 Å². The lowest BCUT2D eigenvalue weighted by molar-refractivity contribution is 0.0692. The number of benzene rings is 1. The SMILES string of the molecule is COc1ccc(S(=O)(=O)O)c(C(=O)O)c1. The summed E-state index contributed by atoms with van der Waals surface area (Å²) in [4.78, 5) is 10.0. The normalized spacial score (nSPS) is 11.1. The number of aromatic carboxylic acids is 1. The van der Waals surface area contributed by atoms with Crippen molar-refractivity contribution < 1.29 is 27.6 Å². The predicted octanol–water partition coefficient (Wildman–Crippen LogP) is 0.640. The Morgan fingerprint density at radius 2 is 2.00 bits per heavy atom. The molecule has 6 nitrogen and oxygen atoms in total. The van der Waals surface area contributed by atoms with E-state index in [4.69, 9.17) is 14.4 Å². The Kier molecular flexibility index (Phi) is 2.96. The minimum absolute atomic E-state index is 0.194. The maximum atomic E-state index is 10.8. The third-order valence-corrected chi connectivity index (χ3v) is 2.61. The molecule has 0 aromatic heterocycles. The first-order valence-electron chi connectivity index (χ1n) is 3.75. The molecule has 0 fully saturated rings. The molecule has 0 atom stereocenters. The van der Waals surface area contributed by atoms with E-state index in [0.717, 1.165) is 12.1 Å². The lowest BCUT2D eigenvalue weighted by Crippen LogP contribution is -2.08. The van der Waals surface area contributed by atoms with Gasteiger partial charge in [-0.15, -0.1) is 0 Å². The Morgan fingerprint density at radius 1 is 1.40 bits per heavy atom. The fourth-order valence-electron chi connectivity index (χ4n) is 1.03. The van der Waals surface area contributed by atoms with Crippen molar-refractivity contribution in [1.29, 1.82) is 0 Å². The van der Waals surface area contributed by atoms with Gasteiger partial charge in [0.1, 0.15) is 10.6 Å². The van der Waals surface area contributed by atoms with E-state index in [1.807, 2.05) is 0 Å². The number of carboxylic acid groups (broad SMARTS) is 1. The van der Waals surface area contributed by atoms with Crippen molar-refractivity contribution in [3.05, 3.63) is 23.8 Å². The summed E-state index contributed by atoms with van der Waals surface area (Å²) in [6, 6.07) is 3.23. The zero-order chi connectivity index (χ0) is 11.6. The molecule has 2 N–H and O–H groups in total. The quantitative estimate of drug-likeness (QED) is 0.741. The number of rotatable bonds is 3. The summed E-state index contributed by atoms with van der Waals surface area (Å²) >= 11 is 0. The van der Waals surface area contributed by atoms with Gasteiger partial charge >= 0.3 is 5.97 Å². The fraction of sp³-hybridized carbons (Fsp3) is 0.125. The van der Waals surface area contributed by atoms with E-state index in [9.17, 15) is 13.2 Å². The maximum Gasteiger partial charge on any atom is 0.337 e. The summed E-state index contributed by atoms with van der Waals surface area (Å²) in [5.74, 6) is -1.26. The van der Waals surface area contributed by atoms with Crippen LogP contribution in [0.1, 0.15) is 10.4 Å². The van der Waals surface area contributed by atoms with Crippen LogP contribution in [0.15, 0.2) is 23.1 Å². The van der Waals surface area contributed by atoms with Gasteiger partial charge in [0.2, 0.25) is 0 Å². The van der Waals surface area contributed by atoms with Crippen LogP contribution in [0.4, 0.5) is 0 Å². The van der Waals surface area contributed by atoms with Crippen molar-refractivity contribution >= 4 is 16.1 Å². The summed E-state index contributed by atoms with van der Waals surface area (Å²) in [5.41, 5.74) is -0.531. The molecule has 15 heavy (non-hydrogen) atoms. The van der Waals surface area contributed by atoms with Crippen molar-refractivity contribution in [2.24, 2.45) is 0 Å². The third-order valence-electron chi connectivity index (χ3n) is 1.70. The zero-order valence-corrected chi connectivity index (χ0v) is 8.48. The average Bonchev–Trinajstić information content (AvgIpc) is 2.15. The van der Waals surface area contributed by atoms with Crippen LogP contribution in [0, 0.1) is 0 Å². The molecule has 0 heterocycles. The molecular formula is C8H8O6S. The molecule has 1 aromatic rings. The molecule has 0 unspecified atom stereocenters. The molecule has 0 amide bonds. The number of methoxy groups -OCH3 is 1. The first-order chi connectivity index (χ1) is 6.86. The van der Waals surface area contributed by atoms with E-state index in [1.165, 1.54) is 13.2 Å². The Bertz CT molecular complexity index is 490. The van der Waals surface area contributed by atoms with Gasteiger partial charge < -0.3 is 9.84 Å². The summed E-state index contributed by atoms with van der Waals surface area (Å²) in [7, 11) is -3.23. The van der Waals surface area contributed by atoms with Crippen LogP contribution in [0.25, 0.3) is 0 Å². The van der Waals surface area contributed by atoms with Crippen LogP contribution in [0.5, 0.6) is 5.75 Å². The van der Waals surface area contributed by atoms with Gasteiger partial charge in [-0.05, 0) is 18.2 Å². The second kappa shape index (κ2) is 3.87. The topological polar surface area (TPSA) is 101 Å². The van der Waals surface area contributed by atoms with E-state index >= 15 is 0 Å². The standard InChI is InChI=1S/C8H8O6S/c1-14-5-2-3-7(15(11,12)13)6(4-5)8(9)10/h2-4H,1H3,(H,9,10)(H,11,12,13). The molecule has 0 radical (unpaired) electrons. The number of ether oxygens (including phenoxy) is 1. The van der Waals surface area contributed by atoms with Gasteiger partial charge in [0, 0.05) is 0 Å². The van der Waals surface area contributed by atoms with Gasteiger partial charge in [0.05, 0.1) is 12.7 Å². The number of hydrogen-bond acceptors (Lipinski definition) is 4. The Hall–Kier alpha value is -1.60. The summed E-state index contributed by atoms with van der Waals surface area (Å²) in [5, 5.41) is 8.72. The molecular weight excluding hydrogens is 224 g/mol. The van der Waals surface area contributed by atoms with Crippen molar-refractivity contribution in [2.45, 2.75) is 4.90 Å². The first-order valence-corrected chi connectivity index (χ1v) is 5.19. The smallest absolute Gasteiger partial charge is 0.337 e. The first kappa shape index (κ1) is 11.5. The molecule has 82 valence electrons. The highest BCUT2D eigenvalue weighted by molar-refractivity contribution is 7.86. The summed E-state index contributed by atoms with van der Waals surface area (Å²) in [6.45, 7) is 0. The highest BCUT2D eigenvalue weighted by Gasteiger charge is 2.20. The van der Waals surface area contributed by atoms with Crippen LogP contribution < -0.4 is 4.74 Å². The van der Waals surface area contributed by atoms with Gasteiger partial charge in [-0.3, -0.25) is 4.55 Å². The number of carboxylic acids is 1. The Balaban J connectivity index is 3.48. The van der Waals surface area contributed by atoms with Crippen molar-refractivity contribution in [1.82, 2.24) is 0 Å². The summed E-state index contributed by atoms with van der Waals surface area (Å²) in [6.07, 6.45) is 0. The van der Waals surface area contributed by atoms with E-state index in [1.54, 1.807) is 0 Å². The molecule has 0 aliphatic rings. The van der Waals surface area contributed by atoms with Crippen molar-refractivity contribution in [2.75, 3.05) is 7.11 Å². The predicted molar refractivity (Wildman–Crippen MR) is 49.8 cm³/mol. The van der Waals surface area contributed by atoms with Crippen molar-refractivity contribution in [3.8, 4) is 5.75 Å². The monoisotopic (exact) mass is 232 g/mol. The second-order valence-electron chi connectivity index (χ2n) is 2.64. The van der Waals surface area contributed by atoms with Crippen LogP contribution >= 0.6 is 0 Å². The Morgan fingerprint density at radius 3 is 2.40 bits per heavy atom. The van der Waals surface area contributed by atoms with E-state index < -0.39 is 26.5 Å². The molecule has 1 aromatic carbocycles. The minimum Gasteiger partial charge on any atom is -0.497 e. The lowest BCUT2D eigenvalue weighted by atomic mass is 10.2. The van der Waals surface area contributed by atoms with Crippen LogP contribution in [-0.2, 0) is 10.1 Å². The molecule has 0 bridgehead atoms. The zero-order valence-electron chi connectivity index (χ0n) is 7.67. The maximum absolute atomic E-state index is 10.8. The van der Waals surface area contributed by atoms with Gasteiger partial charge in [-0.1, -0.05) is 0 Å². The molecule has 1 rings (SSSR count). The van der Waals surface area contributed by atoms with Gasteiger partial charge in [-0.25, -0.2) is 4.79 Å². The molecule has 7 heteroatoms. The van der Waals surface area contributed by atoms with Gasteiger partial charge in [-0.2, -0.15) is 8.42 Å². The minimum atomic E-state index is -4.54. The molecule has 0 aliphatic carbocycles. The van der Waals surface area contributed by atoms with E-state index in [0.29, 0.717) is 0 Å². The van der Waals surface area contributed by atoms with Crippen molar-refractivity contribution in [3.63, 3.8) is 0 Å². The molecule has 0 saturated carbocycles. The van der Waals surface area contributed by atoms with Gasteiger partial charge in [0.25, 0.3) is 10.1 Å². The number of hydrogen-bond donors (Lipinski definition) is 2. The fourth-order valence-corrected chi connectivity index (χ4v) is 1.69. The third kappa shape index (κ3) is 2.45. The van der Waals surface area contributed by atoms with Crippen LogP contribution in [0.3, 0.4) is 0 Å². The molecule has 0 saturated heterocycles. The highest BCUT2D eigenvalue weighted by atomic mass is 32.2. The number of carbonyl (C=O) groups is 1. The van der Waals surface area contributed by atoms with Crippen LogP contribution in [0.2, 0.25) is 0 Å².